The van der Waals surface area contributed by atoms with E-state index in [1.54, 1.807) is 4.31 Å². The molecule has 1 aliphatic heterocycles. The van der Waals surface area contributed by atoms with Crippen LogP contribution in [0.25, 0.3) is 0 Å². The van der Waals surface area contributed by atoms with Gasteiger partial charge in [-0.25, -0.2) is 8.42 Å². The molecule has 1 unspecified atom stereocenters. The van der Waals surface area contributed by atoms with E-state index >= 15 is 0 Å². The summed E-state index contributed by atoms with van der Waals surface area (Å²) in [5.41, 5.74) is 0. The molecule has 0 N–H and O–H groups in total. The monoisotopic (exact) mass is 398 g/mol. The molecule has 8 heteroatoms. The molecular weight excluding hydrogens is 380 g/mol. The molecule has 0 spiro atoms. The number of sulfonamides is 1. The second-order valence-electron chi connectivity index (χ2n) is 5.28. The van der Waals surface area contributed by atoms with Crippen molar-refractivity contribution in [3.8, 4) is 0 Å². The van der Waals surface area contributed by atoms with Gasteiger partial charge in [-0.3, -0.25) is 0 Å². The Morgan fingerprint density at radius 2 is 2.19 bits per heavy atom. The van der Waals surface area contributed by atoms with Gasteiger partial charge >= 0.3 is 0 Å². The van der Waals surface area contributed by atoms with E-state index in [4.69, 9.17) is 16.0 Å². The van der Waals surface area contributed by atoms with Crippen LogP contribution < -0.4 is 0 Å². The van der Waals surface area contributed by atoms with Gasteiger partial charge in [0.2, 0.25) is 10.0 Å². The van der Waals surface area contributed by atoms with E-state index in [0.29, 0.717) is 12.3 Å². The van der Waals surface area contributed by atoms with Crippen LogP contribution in [0.4, 0.5) is 0 Å². The molecule has 2 heterocycles. The highest BCUT2D eigenvalue weighted by Crippen LogP contribution is 2.31. The maximum Gasteiger partial charge on any atom is 0.247 e. The molecule has 1 aromatic heterocycles. The highest BCUT2D eigenvalue weighted by Gasteiger charge is 2.35. The average molecular weight is 400 g/mol. The van der Waals surface area contributed by atoms with E-state index in [1.807, 2.05) is 14.0 Å². The van der Waals surface area contributed by atoms with Crippen molar-refractivity contribution in [2.75, 3.05) is 26.7 Å². The molecule has 1 aliphatic rings. The van der Waals surface area contributed by atoms with Gasteiger partial charge in [0.15, 0.2) is 4.67 Å². The normalized spacial score (nSPS) is 22.4. The van der Waals surface area contributed by atoms with Gasteiger partial charge in [0, 0.05) is 25.2 Å². The lowest BCUT2D eigenvalue weighted by Gasteiger charge is -2.28. The minimum Gasteiger partial charge on any atom is -0.452 e. The van der Waals surface area contributed by atoms with Gasteiger partial charge in [0.05, 0.1) is 5.88 Å². The quantitative estimate of drug-likeness (QED) is 0.731. The van der Waals surface area contributed by atoms with Gasteiger partial charge in [-0.2, -0.15) is 4.31 Å². The zero-order valence-electron chi connectivity index (χ0n) is 12.2. The van der Waals surface area contributed by atoms with E-state index in [9.17, 15) is 8.42 Å². The molecule has 0 amide bonds. The molecule has 1 saturated heterocycles. The van der Waals surface area contributed by atoms with Crippen molar-refractivity contribution in [3.05, 3.63) is 16.5 Å². The molecule has 0 aliphatic carbocycles. The zero-order chi connectivity index (χ0) is 15.6. The van der Waals surface area contributed by atoms with Crippen LogP contribution in [-0.2, 0) is 15.9 Å². The Hall–Kier alpha value is -0.0800. The molecule has 21 heavy (non-hydrogen) atoms. The van der Waals surface area contributed by atoms with Gasteiger partial charge in [-0.1, -0.05) is 6.92 Å². The molecule has 1 fully saturated rings. The fourth-order valence-corrected chi connectivity index (χ4v) is 5.46. The number of alkyl halides is 1. The summed E-state index contributed by atoms with van der Waals surface area (Å²) in [6, 6.07) is 1.48. The fraction of sp³-hybridized carbons (Fsp3) is 0.692. The van der Waals surface area contributed by atoms with Gasteiger partial charge in [-0.05, 0) is 42.4 Å². The minimum absolute atomic E-state index is 0.0243. The Bertz CT molecular complexity index is 590. The third-order valence-electron chi connectivity index (χ3n) is 3.74. The number of halogens is 2. The van der Waals surface area contributed by atoms with Crippen molar-refractivity contribution in [1.82, 2.24) is 9.21 Å². The number of nitrogens with zero attached hydrogens (tertiary/aromatic N) is 2. The summed E-state index contributed by atoms with van der Waals surface area (Å²) in [6.45, 7) is 4.19. The molecule has 0 saturated carbocycles. The summed E-state index contributed by atoms with van der Waals surface area (Å²) in [6.07, 6.45) is 1.60. The third kappa shape index (κ3) is 3.64. The Kier molecular flexibility index (Phi) is 5.76. The summed E-state index contributed by atoms with van der Waals surface area (Å²) >= 11 is 8.91. The van der Waals surface area contributed by atoms with Crippen molar-refractivity contribution in [3.63, 3.8) is 0 Å². The summed E-state index contributed by atoms with van der Waals surface area (Å²) in [5.74, 6) is 0.593. The SMILES string of the molecule is CCC1CN(C)CCCN1S(=O)(=O)c1cc(CCl)oc1Br. The second kappa shape index (κ2) is 7.00. The van der Waals surface area contributed by atoms with Crippen LogP contribution in [0.1, 0.15) is 25.5 Å². The molecule has 120 valence electrons. The summed E-state index contributed by atoms with van der Waals surface area (Å²) < 4.78 is 33.0. The Balaban J connectivity index is 2.38. The topological polar surface area (TPSA) is 53.8 Å². The summed E-state index contributed by atoms with van der Waals surface area (Å²) in [4.78, 5) is 2.35. The van der Waals surface area contributed by atoms with Crippen molar-refractivity contribution >= 4 is 37.6 Å². The number of likely N-dealkylation sites (N-methyl/N-ethyl adjacent to an activating group) is 1. The first-order valence-electron chi connectivity index (χ1n) is 6.94. The van der Waals surface area contributed by atoms with Crippen molar-refractivity contribution in [2.45, 2.75) is 36.6 Å². The number of rotatable bonds is 4. The Labute approximate surface area is 139 Å². The van der Waals surface area contributed by atoms with E-state index in [0.717, 1.165) is 25.9 Å². The lowest BCUT2D eigenvalue weighted by Crippen LogP contribution is -2.43. The standard InChI is InChI=1S/C13H20BrClN2O3S/c1-3-10-9-16(2)5-4-6-17(10)21(18,19)12-7-11(8-15)20-13(12)14/h7,10H,3-6,8-9H2,1-2H3. The van der Waals surface area contributed by atoms with E-state index in [2.05, 4.69) is 20.8 Å². The first kappa shape index (κ1) is 17.3. The van der Waals surface area contributed by atoms with Crippen LogP contribution in [0.3, 0.4) is 0 Å². The van der Waals surface area contributed by atoms with Crippen LogP contribution >= 0.6 is 27.5 Å². The minimum atomic E-state index is -3.58. The molecule has 0 radical (unpaired) electrons. The smallest absolute Gasteiger partial charge is 0.247 e. The van der Waals surface area contributed by atoms with Gasteiger partial charge < -0.3 is 9.32 Å². The zero-order valence-corrected chi connectivity index (χ0v) is 15.3. The predicted molar refractivity (Wildman–Crippen MR) is 86.0 cm³/mol. The van der Waals surface area contributed by atoms with Crippen LogP contribution in [0, 0.1) is 0 Å². The maximum atomic E-state index is 12.9. The molecule has 1 aromatic rings. The van der Waals surface area contributed by atoms with Crippen LogP contribution in [0.15, 0.2) is 20.0 Å². The highest BCUT2D eigenvalue weighted by molar-refractivity contribution is 9.10. The highest BCUT2D eigenvalue weighted by atomic mass is 79.9. The summed E-state index contributed by atoms with van der Waals surface area (Å²) in [7, 11) is -1.56. The Morgan fingerprint density at radius 1 is 1.48 bits per heavy atom. The molecule has 0 bridgehead atoms. The molecular formula is C13H20BrClN2O3S. The lowest BCUT2D eigenvalue weighted by molar-refractivity contribution is 0.270. The second-order valence-corrected chi connectivity index (χ2v) is 8.12. The maximum absolute atomic E-state index is 12.9. The predicted octanol–water partition coefficient (Wildman–Crippen LogP) is 2.89. The number of furan rings is 1. The first-order valence-corrected chi connectivity index (χ1v) is 9.71. The van der Waals surface area contributed by atoms with Crippen molar-refractivity contribution < 1.29 is 12.8 Å². The lowest BCUT2D eigenvalue weighted by atomic mass is 10.2. The fourth-order valence-electron chi connectivity index (χ4n) is 2.64. The van der Waals surface area contributed by atoms with Gasteiger partial charge in [0.25, 0.3) is 0 Å². The largest absolute Gasteiger partial charge is 0.452 e. The third-order valence-corrected chi connectivity index (χ3v) is 6.82. The first-order chi connectivity index (χ1) is 9.90. The number of hydrogen-bond acceptors (Lipinski definition) is 4. The van der Waals surface area contributed by atoms with Crippen LogP contribution in [-0.4, -0.2) is 50.3 Å². The molecule has 5 nitrogen and oxygen atoms in total. The van der Waals surface area contributed by atoms with Crippen LogP contribution in [0.5, 0.6) is 0 Å². The van der Waals surface area contributed by atoms with Crippen LogP contribution in [0.2, 0.25) is 0 Å². The van der Waals surface area contributed by atoms with E-state index in [1.165, 1.54) is 6.07 Å². The van der Waals surface area contributed by atoms with Crippen molar-refractivity contribution in [1.29, 1.82) is 0 Å². The number of hydrogen-bond donors (Lipinski definition) is 0. The van der Waals surface area contributed by atoms with Gasteiger partial charge in [0.1, 0.15) is 10.7 Å². The van der Waals surface area contributed by atoms with Gasteiger partial charge in [-0.15, -0.1) is 11.6 Å². The molecule has 0 aromatic carbocycles. The average Bonchev–Trinajstić information content (AvgIpc) is 2.71. The molecule has 2 rings (SSSR count). The van der Waals surface area contributed by atoms with Crippen molar-refractivity contribution in [2.24, 2.45) is 0 Å². The van der Waals surface area contributed by atoms with E-state index in [-0.39, 0.29) is 21.5 Å². The molecule has 1 atom stereocenters. The Morgan fingerprint density at radius 3 is 2.76 bits per heavy atom. The van der Waals surface area contributed by atoms with E-state index < -0.39 is 10.0 Å². The summed E-state index contributed by atoms with van der Waals surface area (Å²) in [5, 5.41) is 0.